The molecule has 2 spiro atoms. The van der Waals surface area contributed by atoms with Gasteiger partial charge in [-0.1, -0.05) is 20.4 Å². The van der Waals surface area contributed by atoms with E-state index in [1.165, 1.54) is 6.92 Å². The number of Topliss-reactive ketones (excluding diaryl/α,β-unsaturated/α-hetero) is 2. The number of carbonyl (C=O) groups excluding carboxylic acids is 3. The minimum Gasteiger partial charge on any atom is -0.504 e. The van der Waals surface area contributed by atoms with Gasteiger partial charge in [0.2, 0.25) is 5.78 Å². The van der Waals surface area contributed by atoms with Crippen LogP contribution in [0.4, 0.5) is 0 Å². The van der Waals surface area contributed by atoms with E-state index in [-0.39, 0.29) is 48.3 Å². The summed E-state index contributed by atoms with van der Waals surface area (Å²) < 4.78 is 11.7. The van der Waals surface area contributed by atoms with Crippen molar-refractivity contribution in [2.24, 2.45) is 28.1 Å². The Kier molecular flexibility index (Phi) is 3.33. The minimum absolute atomic E-state index is 0.0408. The van der Waals surface area contributed by atoms with Crippen LogP contribution in [0.1, 0.15) is 46.5 Å². The number of allylic oxidation sites excluding steroid dienone is 1. The molecule has 2 aliphatic heterocycles. The fraction of sp³-hybridized carbons (Fsp3) is 0.682. The van der Waals surface area contributed by atoms with Gasteiger partial charge in [-0.05, 0) is 42.2 Å². The zero-order valence-corrected chi connectivity index (χ0v) is 16.5. The van der Waals surface area contributed by atoms with Crippen molar-refractivity contribution in [2.45, 2.75) is 58.7 Å². The summed E-state index contributed by atoms with van der Waals surface area (Å²) in [6.45, 7) is 9.53. The summed E-state index contributed by atoms with van der Waals surface area (Å²) in [4.78, 5) is 39.0. The fourth-order valence-corrected chi connectivity index (χ4v) is 7.28. The molecule has 6 aliphatic rings. The van der Waals surface area contributed by atoms with E-state index in [0.717, 1.165) is 12.0 Å². The molecule has 0 radical (unpaired) electrons. The number of ketones is 2. The van der Waals surface area contributed by atoms with Crippen LogP contribution in [0.5, 0.6) is 0 Å². The van der Waals surface area contributed by atoms with E-state index in [1.54, 1.807) is 0 Å². The molecule has 0 aromatic rings. The summed E-state index contributed by atoms with van der Waals surface area (Å²) in [6.07, 6.45) is 1.06. The molecule has 4 bridgehead atoms. The monoisotopic (exact) mass is 386 g/mol. The summed E-state index contributed by atoms with van der Waals surface area (Å²) in [5, 5.41) is 11.2. The number of aliphatic hydroxyl groups is 1. The number of fused-ring (bicyclic) bond motifs is 3. The average Bonchev–Trinajstić information content (AvgIpc) is 2.82. The van der Waals surface area contributed by atoms with E-state index in [9.17, 15) is 19.5 Å². The molecule has 6 nitrogen and oxygen atoms in total. The van der Waals surface area contributed by atoms with Crippen LogP contribution in [0.2, 0.25) is 0 Å². The molecular weight excluding hydrogens is 360 g/mol. The molecular formula is C22H26O6. The molecule has 0 amide bonds. The fourth-order valence-electron chi connectivity index (χ4n) is 7.28. The Labute approximate surface area is 164 Å². The normalized spacial score (nSPS) is 45.8. The predicted molar refractivity (Wildman–Crippen MR) is 98.2 cm³/mol. The number of hydrogen-bond acceptors (Lipinski definition) is 6. The van der Waals surface area contributed by atoms with Crippen LogP contribution in [-0.4, -0.2) is 41.5 Å². The molecule has 4 aliphatic carbocycles. The van der Waals surface area contributed by atoms with Gasteiger partial charge in [-0.15, -0.1) is 0 Å². The van der Waals surface area contributed by atoms with Crippen LogP contribution in [-0.2, 0) is 23.9 Å². The van der Waals surface area contributed by atoms with Gasteiger partial charge in [0.1, 0.15) is 11.9 Å². The van der Waals surface area contributed by atoms with Crippen LogP contribution < -0.4 is 0 Å². The molecule has 2 saturated heterocycles. The third-order valence-electron chi connectivity index (χ3n) is 8.37. The van der Waals surface area contributed by atoms with Gasteiger partial charge in [0.25, 0.3) is 0 Å². The summed E-state index contributed by atoms with van der Waals surface area (Å²) in [5.74, 6) is -1.44. The topological polar surface area (TPSA) is 89.9 Å². The highest BCUT2D eigenvalue weighted by atomic mass is 16.5. The van der Waals surface area contributed by atoms with Crippen molar-refractivity contribution in [3.05, 3.63) is 23.5 Å². The van der Waals surface area contributed by atoms with Gasteiger partial charge in [-0.3, -0.25) is 14.4 Å². The first-order valence-electron chi connectivity index (χ1n) is 10.1. The first-order valence-corrected chi connectivity index (χ1v) is 10.1. The van der Waals surface area contributed by atoms with Crippen molar-refractivity contribution < 1.29 is 29.0 Å². The van der Waals surface area contributed by atoms with E-state index >= 15 is 0 Å². The molecule has 0 aromatic carbocycles. The second-order valence-electron chi connectivity index (χ2n) is 9.81. The van der Waals surface area contributed by atoms with Crippen molar-refractivity contribution in [3.63, 3.8) is 0 Å². The summed E-state index contributed by atoms with van der Waals surface area (Å²) in [6, 6.07) is 0. The lowest BCUT2D eigenvalue weighted by atomic mass is 9.41. The van der Waals surface area contributed by atoms with Crippen LogP contribution in [0, 0.1) is 28.1 Å². The second kappa shape index (κ2) is 5.15. The third kappa shape index (κ3) is 1.73. The van der Waals surface area contributed by atoms with Gasteiger partial charge in [-0.2, -0.15) is 0 Å². The third-order valence-corrected chi connectivity index (χ3v) is 8.37. The lowest BCUT2D eigenvalue weighted by molar-refractivity contribution is -0.201. The Hall–Kier alpha value is -1.95. The average molecular weight is 386 g/mol. The Morgan fingerprint density at radius 3 is 2.64 bits per heavy atom. The molecule has 6 rings (SSSR count). The molecule has 1 N–H and O–H groups in total. The Morgan fingerprint density at radius 2 is 2.00 bits per heavy atom. The number of hydrogen-bond donors (Lipinski definition) is 1. The molecule has 5 fully saturated rings. The second-order valence-corrected chi connectivity index (χ2v) is 9.81. The van der Waals surface area contributed by atoms with Crippen LogP contribution in [0.3, 0.4) is 0 Å². The SMILES string of the molecule is C=C1C2CC[C@H]3C45CO[C@@H](CC4=O)C(C)(C)C5=C(O)C(=O)C3(C2)[C@@H]1OC(C)=O. The van der Waals surface area contributed by atoms with Crippen LogP contribution in [0.25, 0.3) is 0 Å². The number of esters is 1. The van der Waals surface area contributed by atoms with E-state index in [2.05, 4.69) is 6.58 Å². The number of ether oxygens (including phenoxy) is 2. The number of rotatable bonds is 1. The Bertz CT molecular complexity index is 881. The summed E-state index contributed by atoms with van der Waals surface area (Å²) in [7, 11) is 0. The quantitative estimate of drug-likeness (QED) is 0.550. The molecule has 3 saturated carbocycles. The lowest BCUT2D eigenvalue weighted by Crippen LogP contribution is -2.70. The maximum atomic E-state index is 13.7. The molecule has 6 atom stereocenters. The van der Waals surface area contributed by atoms with Gasteiger partial charge in [0.15, 0.2) is 5.76 Å². The highest BCUT2D eigenvalue weighted by Gasteiger charge is 2.76. The Balaban J connectivity index is 1.80. The zero-order chi connectivity index (χ0) is 20.2. The largest absolute Gasteiger partial charge is 0.504 e. The molecule has 150 valence electrons. The first kappa shape index (κ1) is 18.1. The lowest BCUT2D eigenvalue weighted by Gasteiger charge is -2.63. The molecule has 3 unspecified atom stereocenters. The molecule has 6 heteroatoms. The Morgan fingerprint density at radius 1 is 1.29 bits per heavy atom. The van der Waals surface area contributed by atoms with E-state index < -0.39 is 28.3 Å². The van der Waals surface area contributed by atoms with E-state index in [0.29, 0.717) is 18.4 Å². The smallest absolute Gasteiger partial charge is 0.303 e. The van der Waals surface area contributed by atoms with E-state index in [4.69, 9.17) is 9.47 Å². The first-order chi connectivity index (χ1) is 13.1. The highest BCUT2D eigenvalue weighted by Crippen LogP contribution is 2.71. The number of carbonyl (C=O) groups is 3. The van der Waals surface area contributed by atoms with Crippen molar-refractivity contribution in [1.82, 2.24) is 0 Å². The maximum Gasteiger partial charge on any atom is 0.303 e. The van der Waals surface area contributed by atoms with Crippen molar-refractivity contribution in [3.8, 4) is 0 Å². The molecule has 28 heavy (non-hydrogen) atoms. The van der Waals surface area contributed by atoms with Gasteiger partial charge < -0.3 is 14.6 Å². The zero-order valence-electron chi connectivity index (χ0n) is 16.5. The number of aliphatic hydroxyl groups excluding tert-OH is 1. The molecule has 2 heterocycles. The predicted octanol–water partition coefficient (Wildman–Crippen LogP) is 2.67. The standard InChI is InChI=1S/C22H26O6/c1-10-12-5-6-13-21(8-12,19(10)28-11(2)23)18(26)16(25)17-20(3,4)15-7-14(24)22(13,17)9-27-15/h12-13,15,19,25H,1,5-9H2,2-4H3/t12?,13-,15+,19-,21?,22?/m1/s1. The van der Waals surface area contributed by atoms with Crippen molar-refractivity contribution in [1.29, 1.82) is 0 Å². The van der Waals surface area contributed by atoms with Crippen LogP contribution in [0.15, 0.2) is 23.5 Å². The maximum absolute atomic E-state index is 13.7. The van der Waals surface area contributed by atoms with Crippen LogP contribution >= 0.6 is 0 Å². The summed E-state index contributed by atoms with van der Waals surface area (Å²) in [5.41, 5.74) is -1.47. The van der Waals surface area contributed by atoms with E-state index in [1.807, 2.05) is 13.8 Å². The van der Waals surface area contributed by atoms with Gasteiger partial charge in [0.05, 0.1) is 23.5 Å². The van der Waals surface area contributed by atoms with Crippen molar-refractivity contribution in [2.75, 3.05) is 6.61 Å². The molecule has 0 aromatic heterocycles. The van der Waals surface area contributed by atoms with Gasteiger partial charge in [-0.25, -0.2) is 0 Å². The van der Waals surface area contributed by atoms with Gasteiger partial charge >= 0.3 is 5.97 Å². The minimum atomic E-state index is -1.13. The van der Waals surface area contributed by atoms with Gasteiger partial charge in [0, 0.05) is 18.8 Å². The highest BCUT2D eigenvalue weighted by molar-refractivity contribution is 6.06. The van der Waals surface area contributed by atoms with Crippen molar-refractivity contribution >= 4 is 17.5 Å². The summed E-state index contributed by atoms with van der Waals surface area (Å²) >= 11 is 0.